The first-order valence-corrected chi connectivity index (χ1v) is 6.40. The predicted molar refractivity (Wildman–Crippen MR) is 69.5 cm³/mol. The molecule has 1 amide bonds. The van der Waals surface area contributed by atoms with E-state index in [4.69, 9.17) is 16.2 Å². The van der Waals surface area contributed by atoms with E-state index in [1.54, 1.807) is 0 Å². The summed E-state index contributed by atoms with van der Waals surface area (Å²) in [6.07, 6.45) is 3.08. The molecule has 1 aliphatic heterocycles. The van der Waals surface area contributed by atoms with Gasteiger partial charge in [-0.05, 0) is 29.5 Å². The predicted octanol–water partition coefficient (Wildman–Crippen LogP) is 1.76. The van der Waals surface area contributed by atoms with Gasteiger partial charge in [-0.3, -0.25) is 4.79 Å². The van der Waals surface area contributed by atoms with E-state index in [0.717, 1.165) is 24.8 Å². The highest BCUT2D eigenvalue weighted by Crippen LogP contribution is 2.25. The SMILES string of the molecule is NC(=O)CCCCC(N)c1ccc2c(c1)COC2. The average molecular weight is 248 g/mol. The van der Waals surface area contributed by atoms with Crippen LogP contribution in [0.15, 0.2) is 18.2 Å². The second kappa shape index (κ2) is 5.98. The molecule has 18 heavy (non-hydrogen) atoms. The number of nitrogens with two attached hydrogens (primary N) is 2. The molecule has 0 bridgehead atoms. The zero-order valence-corrected chi connectivity index (χ0v) is 10.5. The number of fused-ring (bicyclic) bond motifs is 1. The van der Waals surface area contributed by atoms with Crippen LogP contribution in [-0.2, 0) is 22.7 Å². The fraction of sp³-hybridized carbons (Fsp3) is 0.500. The molecule has 2 rings (SSSR count). The summed E-state index contributed by atoms with van der Waals surface area (Å²) in [7, 11) is 0. The molecule has 0 aliphatic carbocycles. The summed E-state index contributed by atoms with van der Waals surface area (Å²) < 4.78 is 5.38. The fourth-order valence-corrected chi connectivity index (χ4v) is 2.25. The lowest BCUT2D eigenvalue weighted by molar-refractivity contribution is -0.118. The van der Waals surface area contributed by atoms with Crippen molar-refractivity contribution in [3.8, 4) is 0 Å². The van der Waals surface area contributed by atoms with Crippen LogP contribution >= 0.6 is 0 Å². The normalized spacial score (nSPS) is 15.4. The number of amides is 1. The van der Waals surface area contributed by atoms with Crippen molar-refractivity contribution in [2.45, 2.75) is 44.9 Å². The lowest BCUT2D eigenvalue weighted by atomic mass is 9.97. The third-order valence-corrected chi connectivity index (χ3v) is 3.36. The molecular formula is C14H20N2O2. The van der Waals surface area contributed by atoms with Crippen molar-refractivity contribution in [3.63, 3.8) is 0 Å². The number of hydrogen-bond donors (Lipinski definition) is 2. The van der Waals surface area contributed by atoms with Crippen molar-refractivity contribution >= 4 is 5.91 Å². The zero-order chi connectivity index (χ0) is 13.0. The van der Waals surface area contributed by atoms with Gasteiger partial charge in [0, 0.05) is 12.5 Å². The summed E-state index contributed by atoms with van der Waals surface area (Å²) >= 11 is 0. The maximum atomic E-state index is 10.6. The number of primary amides is 1. The molecule has 0 spiro atoms. The van der Waals surface area contributed by atoms with E-state index in [9.17, 15) is 4.79 Å². The van der Waals surface area contributed by atoms with Crippen LogP contribution in [-0.4, -0.2) is 5.91 Å². The first-order chi connectivity index (χ1) is 8.66. The van der Waals surface area contributed by atoms with Gasteiger partial charge < -0.3 is 16.2 Å². The molecule has 98 valence electrons. The third kappa shape index (κ3) is 3.31. The van der Waals surface area contributed by atoms with Crippen molar-refractivity contribution < 1.29 is 9.53 Å². The molecule has 1 aromatic carbocycles. The van der Waals surface area contributed by atoms with Crippen LogP contribution < -0.4 is 11.5 Å². The first kappa shape index (κ1) is 13.1. The first-order valence-electron chi connectivity index (χ1n) is 6.40. The molecule has 1 heterocycles. The summed E-state index contributed by atoms with van der Waals surface area (Å²) in [4.78, 5) is 10.6. The Hall–Kier alpha value is -1.39. The second-order valence-corrected chi connectivity index (χ2v) is 4.84. The van der Waals surface area contributed by atoms with Crippen molar-refractivity contribution in [3.05, 3.63) is 34.9 Å². The van der Waals surface area contributed by atoms with Crippen LogP contribution in [0.1, 0.15) is 48.4 Å². The Labute approximate surface area is 107 Å². The van der Waals surface area contributed by atoms with Gasteiger partial charge in [-0.1, -0.05) is 24.6 Å². The summed E-state index contributed by atoms with van der Waals surface area (Å²) in [5.41, 5.74) is 14.9. The molecule has 1 aromatic rings. The van der Waals surface area contributed by atoms with Gasteiger partial charge in [0.1, 0.15) is 0 Å². The van der Waals surface area contributed by atoms with Crippen LogP contribution in [0.5, 0.6) is 0 Å². The maximum Gasteiger partial charge on any atom is 0.217 e. The minimum atomic E-state index is -0.238. The van der Waals surface area contributed by atoms with Crippen molar-refractivity contribution in [2.75, 3.05) is 0 Å². The molecular weight excluding hydrogens is 228 g/mol. The largest absolute Gasteiger partial charge is 0.372 e. The number of carbonyl (C=O) groups is 1. The summed E-state index contributed by atoms with van der Waals surface area (Å²) in [5.74, 6) is -0.238. The van der Waals surface area contributed by atoms with Crippen molar-refractivity contribution in [1.29, 1.82) is 0 Å². The Morgan fingerprint density at radius 2 is 2.06 bits per heavy atom. The number of hydrogen-bond acceptors (Lipinski definition) is 3. The monoisotopic (exact) mass is 248 g/mol. The molecule has 0 saturated heterocycles. The van der Waals surface area contributed by atoms with E-state index in [1.165, 1.54) is 11.1 Å². The molecule has 1 atom stereocenters. The van der Waals surface area contributed by atoms with Crippen molar-refractivity contribution in [2.24, 2.45) is 11.5 Å². The highest BCUT2D eigenvalue weighted by molar-refractivity contribution is 5.73. The van der Waals surface area contributed by atoms with Gasteiger partial charge in [0.2, 0.25) is 5.91 Å². The molecule has 1 aliphatic rings. The Kier molecular flexibility index (Phi) is 4.33. The van der Waals surface area contributed by atoms with Crippen LogP contribution in [0.3, 0.4) is 0 Å². The van der Waals surface area contributed by atoms with Gasteiger partial charge in [0.25, 0.3) is 0 Å². The summed E-state index contributed by atoms with van der Waals surface area (Å²) in [5, 5.41) is 0. The minimum absolute atomic E-state index is 0.0313. The standard InChI is InChI=1S/C14H20N2O2/c15-13(3-1-2-4-14(16)17)10-5-6-11-8-18-9-12(11)7-10/h5-7,13H,1-4,8-9,15H2,(H2,16,17). The van der Waals surface area contributed by atoms with Gasteiger partial charge in [0.05, 0.1) is 13.2 Å². The van der Waals surface area contributed by atoms with E-state index < -0.39 is 0 Å². The van der Waals surface area contributed by atoms with Crippen LogP contribution in [0.25, 0.3) is 0 Å². The third-order valence-electron chi connectivity index (χ3n) is 3.36. The van der Waals surface area contributed by atoms with Gasteiger partial charge >= 0.3 is 0 Å². The highest BCUT2D eigenvalue weighted by atomic mass is 16.5. The topological polar surface area (TPSA) is 78.3 Å². The van der Waals surface area contributed by atoms with Crippen LogP contribution in [0.2, 0.25) is 0 Å². The molecule has 0 fully saturated rings. The highest BCUT2D eigenvalue weighted by Gasteiger charge is 2.13. The Morgan fingerprint density at radius 1 is 1.28 bits per heavy atom. The number of rotatable bonds is 6. The molecule has 1 unspecified atom stereocenters. The number of carbonyl (C=O) groups excluding carboxylic acids is 1. The number of ether oxygens (including phenoxy) is 1. The molecule has 4 heteroatoms. The maximum absolute atomic E-state index is 10.6. The van der Waals surface area contributed by atoms with Crippen LogP contribution in [0.4, 0.5) is 0 Å². The Morgan fingerprint density at radius 3 is 2.83 bits per heavy atom. The van der Waals surface area contributed by atoms with E-state index >= 15 is 0 Å². The molecule has 0 aromatic heterocycles. The Bertz CT molecular complexity index is 432. The van der Waals surface area contributed by atoms with Crippen LogP contribution in [0, 0.1) is 0 Å². The Balaban J connectivity index is 1.85. The quantitative estimate of drug-likeness (QED) is 0.753. The molecule has 4 nitrogen and oxygen atoms in total. The summed E-state index contributed by atoms with van der Waals surface area (Å²) in [6.45, 7) is 1.40. The number of benzene rings is 1. The van der Waals surface area contributed by atoms with Gasteiger partial charge in [-0.25, -0.2) is 0 Å². The molecule has 4 N–H and O–H groups in total. The lowest BCUT2D eigenvalue weighted by Gasteiger charge is -2.12. The van der Waals surface area contributed by atoms with Gasteiger partial charge in [-0.2, -0.15) is 0 Å². The number of unbranched alkanes of at least 4 members (excludes halogenated alkanes) is 1. The molecule has 0 radical (unpaired) electrons. The molecule has 0 saturated carbocycles. The fourth-order valence-electron chi connectivity index (χ4n) is 2.25. The van der Waals surface area contributed by atoms with Gasteiger partial charge in [-0.15, -0.1) is 0 Å². The zero-order valence-electron chi connectivity index (χ0n) is 10.5. The smallest absolute Gasteiger partial charge is 0.217 e. The van der Waals surface area contributed by atoms with E-state index in [-0.39, 0.29) is 11.9 Å². The van der Waals surface area contributed by atoms with Crippen molar-refractivity contribution in [1.82, 2.24) is 0 Å². The second-order valence-electron chi connectivity index (χ2n) is 4.84. The summed E-state index contributed by atoms with van der Waals surface area (Å²) in [6, 6.07) is 6.35. The van der Waals surface area contributed by atoms with E-state index in [0.29, 0.717) is 19.6 Å². The average Bonchev–Trinajstić information content (AvgIpc) is 2.81. The van der Waals surface area contributed by atoms with Gasteiger partial charge in [0.15, 0.2) is 0 Å². The lowest BCUT2D eigenvalue weighted by Crippen LogP contribution is -2.12. The van der Waals surface area contributed by atoms with E-state index in [1.807, 2.05) is 0 Å². The van der Waals surface area contributed by atoms with E-state index in [2.05, 4.69) is 18.2 Å². The minimum Gasteiger partial charge on any atom is -0.372 e.